The van der Waals surface area contributed by atoms with E-state index in [1.54, 1.807) is 0 Å². The zero-order chi connectivity index (χ0) is 26.2. The fraction of sp³-hybridized carbons (Fsp3) is 0.194. The molecule has 4 aromatic carbocycles. The van der Waals surface area contributed by atoms with Gasteiger partial charge in [-0.2, -0.15) is 0 Å². The molecule has 1 heterocycles. The lowest BCUT2D eigenvalue weighted by atomic mass is 9.90. The predicted octanol–water partition coefficient (Wildman–Crippen LogP) is 9.59. The van der Waals surface area contributed by atoms with Crippen molar-refractivity contribution in [3.63, 3.8) is 0 Å². The smallest absolute Gasteiger partial charge is 0.0547 e. The molecule has 0 N–H and O–H groups in total. The molecule has 0 saturated carbocycles. The molecule has 0 bridgehead atoms. The number of allylic oxidation sites excluding steroid dienone is 6. The van der Waals surface area contributed by atoms with Crippen molar-refractivity contribution in [3.8, 4) is 5.69 Å². The fourth-order valence-corrected chi connectivity index (χ4v) is 6.06. The van der Waals surface area contributed by atoms with Crippen molar-refractivity contribution in [1.82, 2.24) is 4.57 Å². The van der Waals surface area contributed by atoms with Crippen LogP contribution >= 0.6 is 0 Å². The zero-order valence-electron chi connectivity index (χ0n) is 22.7. The Balaban J connectivity index is 1.58. The minimum atomic E-state index is 0.459. The van der Waals surface area contributed by atoms with E-state index in [-0.39, 0.29) is 0 Å². The number of aromatic nitrogens is 1. The van der Waals surface area contributed by atoms with E-state index in [0.717, 1.165) is 12.8 Å². The van der Waals surface area contributed by atoms with Crippen molar-refractivity contribution in [2.45, 2.75) is 39.5 Å². The van der Waals surface area contributed by atoms with Crippen LogP contribution < -0.4 is 0 Å². The van der Waals surface area contributed by atoms with Gasteiger partial charge < -0.3 is 4.57 Å². The quantitative estimate of drug-likeness (QED) is 0.216. The standard InChI is InChI=1S/C36H34N2/c1-5-29-30(34(23-37-4)24(2)3)20-17-27-21-36-33(22-32(27)29)31-13-9-10-14-35(31)38(36)28-18-15-26(16-19-28)25-11-7-6-8-12-25/h6-11,13-23,25H,5,12H2,1-4H3. The molecule has 2 nitrogen and oxygen atoms in total. The SMILES string of the molecule is CCc1c(C(C=NC)=C(C)C)ccc2cc3c(cc12)c1ccccc1n3-c1ccc(C2C=CC=CC2)cc1. The van der Waals surface area contributed by atoms with Crippen LogP contribution in [0.1, 0.15) is 49.8 Å². The van der Waals surface area contributed by atoms with Gasteiger partial charge in [0.1, 0.15) is 0 Å². The van der Waals surface area contributed by atoms with Gasteiger partial charge in [-0.25, -0.2) is 0 Å². The summed E-state index contributed by atoms with van der Waals surface area (Å²) in [5.41, 5.74) is 10.2. The number of fused-ring (bicyclic) bond motifs is 4. The number of benzene rings is 4. The van der Waals surface area contributed by atoms with E-state index in [1.807, 2.05) is 13.3 Å². The van der Waals surface area contributed by atoms with Crippen molar-refractivity contribution in [2.24, 2.45) is 4.99 Å². The molecule has 1 aliphatic carbocycles. The Morgan fingerprint density at radius 2 is 1.71 bits per heavy atom. The number of hydrogen-bond acceptors (Lipinski definition) is 1. The number of para-hydroxylation sites is 1. The van der Waals surface area contributed by atoms with Crippen LogP contribution in [0.15, 0.2) is 108 Å². The highest BCUT2D eigenvalue weighted by Crippen LogP contribution is 2.38. The van der Waals surface area contributed by atoms with E-state index in [4.69, 9.17) is 0 Å². The minimum Gasteiger partial charge on any atom is -0.309 e. The average molecular weight is 495 g/mol. The molecule has 0 saturated heterocycles. The maximum atomic E-state index is 4.36. The maximum Gasteiger partial charge on any atom is 0.0547 e. The van der Waals surface area contributed by atoms with Crippen LogP contribution in [-0.4, -0.2) is 17.8 Å². The van der Waals surface area contributed by atoms with Gasteiger partial charge in [-0.15, -0.1) is 0 Å². The number of hydrogen-bond donors (Lipinski definition) is 0. The van der Waals surface area contributed by atoms with Crippen LogP contribution in [0.3, 0.4) is 0 Å². The van der Waals surface area contributed by atoms with Gasteiger partial charge >= 0.3 is 0 Å². The monoisotopic (exact) mass is 494 g/mol. The summed E-state index contributed by atoms with van der Waals surface area (Å²) in [7, 11) is 1.85. The highest BCUT2D eigenvalue weighted by molar-refractivity contribution is 6.16. The minimum absolute atomic E-state index is 0.459. The molecule has 0 aliphatic heterocycles. The van der Waals surface area contributed by atoms with Crippen LogP contribution in [-0.2, 0) is 6.42 Å². The molecule has 1 aliphatic rings. The van der Waals surface area contributed by atoms with Crippen LogP contribution in [0.25, 0.3) is 43.8 Å². The Labute approximate surface area is 225 Å². The largest absolute Gasteiger partial charge is 0.309 e. The summed E-state index contributed by atoms with van der Waals surface area (Å²) in [6.07, 6.45) is 12.9. The second-order valence-corrected chi connectivity index (χ2v) is 10.4. The third-order valence-corrected chi connectivity index (χ3v) is 7.92. The van der Waals surface area contributed by atoms with E-state index in [9.17, 15) is 0 Å². The molecule has 188 valence electrons. The Morgan fingerprint density at radius 1 is 0.895 bits per heavy atom. The van der Waals surface area contributed by atoms with Crippen molar-refractivity contribution < 1.29 is 0 Å². The summed E-state index contributed by atoms with van der Waals surface area (Å²) in [4.78, 5) is 4.36. The molecular formula is C36H34N2. The number of nitrogens with zero attached hydrogens (tertiary/aromatic N) is 2. The van der Waals surface area contributed by atoms with Gasteiger partial charge in [0.25, 0.3) is 0 Å². The molecule has 0 fully saturated rings. The van der Waals surface area contributed by atoms with Crippen LogP contribution in [0.5, 0.6) is 0 Å². The predicted molar refractivity (Wildman–Crippen MR) is 166 cm³/mol. The first-order valence-corrected chi connectivity index (χ1v) is 13.6. The summed E-state index contributed by atoms with van der Waals surface area (Å²) in [5.74, 6) is 0.459. The number of aryl methyl sites for hydroxylation is 1. The molecule has 6 rings (SSSR count). The third-order valence-electron chi connectivity index (χ3n) is 7.92. The van der Waals surface area contributed by atoms with E-state index >= 15 is 0 Å². The van der Waals surface area contributed by atoms with Gasteiger partial charge in [0.2, 0.25) is 0 Å². The van der Waals surface area contributed by atoms with Crippen molar-refractivity contribution in [1.29, 1.82) is 0 Å². The summed E-state index contributed by atoms with van der Waals surface area (Å²) < 4.78 is 2.43. The van der Waals surface area contributed by atoms with Gasteiger partial charge in [0.05, 0.1) is 11.0 Å². The highest BCUT2D eigenvalue weighted by Gasteiger charge is 2.17. The molecule has 38 heavy (non-hydrogen) atoms. The lowest BCUT2D eigenvalue weighted by Gasteiger charge is -2.16. The molecular weight excluding hydrogens is 460 g/mol. The maximum absolute atomic E-state index is 4.36. The van der Waals surface area contributed by atoms with E-state index in [1.165, 1.54) is 66.1 Å². The second-order valence-electron chi connectivity index (χ2n) is 10.4. The fourth-order valence-electron chi connectivity index (χ4n) is 6.06. The Morgan fingerprint density at radius 3 is 2.42 bits per heavy atom. The molecule has 1 aromatic heterocycles. The molecule has 1 atom stereocenters. The first-order valence-electron chi connectivity index (χ1n) is 13.6. The average Bonchev–Trinajstić information content (AvgIpc) is 3.28. The van der Waals surface area contributed by atoms with Crippen molar-refractivity contribution in [2.75, 3.05) is 7.05 Å². The van der Waals surface area contributed by atoms with Gasteiger partial charge in [-0.1, -0.05) is 79.3 Å². The van der Waals surface area contributed by atoms with E-state index < -0.39 is 0 Å². The lowest BCUT2D eigenvalue weighted by molar-refractivity contribution is 0.853. The first-order chi connectivity index (χ1) is 18.6. The van der Waals surface area contributed by atoms with Crippen molar-refractivity contribution >= 4 is 44.4 Å². The lowest BCUT2D eigenvalue weighted by Crippen LogP contribution is -1.99. The summed E-state index contributed by atoms with van der Waals surface area (Å²) in [5, 5.41) is 5.20. The summed E-state index contributed by atoms with van der Waals surface area (Å²) >= 11 is 0. The Hall–Kier alpha value is -4.17. The first kappa shape index (κ1) is 24.2. The molecule has 0 spiro atoms. The molecule has 1 unspecified atom stereocenters. The van der Waals surface area contributed by atoms with Gasteiger partial charge in [-0.3, -0.25) is 4.99 Å². The van der Waals surface area contributed by atoms with Crippen LogP contribution in [0, 0.1) is 0 Å². The molecule has 0 radical (unpaired) electrons. The zero-order valence-corrected chi connectivity index (χ0v) is 22.7. The van der Waals surface area contributed by atoms with E-state index in [0.29, 0.717) is 5.92 Å². The van der Waals surface area contributed by atoms with Gasteiger partial charge in [-0.05, 0) is 90.1 Å². The third kappa shape index (κ3) is 4.01. The number of rotatable bonds is 5. The second kappa shape index (κ2) is 9.95. The van der Waals surface area contributed by atoms with Gasteiger partial charge in [0.15, 0.2) is 0 Å². The van der Waals surface area contributed by atoms with Crippen LogP contribution in [0.2, 0.25) is 0 Å². The summed E-state index contributed by atoms with van der Waals surface area (Å²) in [6.45, 7) is 6.60. The van der Waals surface area contributed by atoms with Crippen molar-refractivity contribution in [3.05, 3.63) is 119 Å². The van der Waals surface area contributed by atoms with E-state index in [2.05, 4.69) is 127 Å². The van der Waals surface area contributed by atoms with Crippen LogP contribution in [0.4, 0.5) is 0 Å². The Kier molecular flexibility index (Phi) is 6.33. The number of aliphatic imine (C=N–C) groups is 1. The Bertz CT molecular complexity index is 1790. The molecule has 2 heteroatoms. The summed E-state index contributed by atoms with van der Waals surface area (Å²) in [6, 6.07) is 27.3. The van der Waals surface area contributed by atoms with Gasteiger partial charge in [0, 0.05) is 35.6 Å². The normalized spacial score (nSPS) is 15.3. The topological polar surface area (TPSA) is 17.3 Å². The molecule has 0 amide bonds. The highest BCUT2D eigenvalue weighted by atomic mass is 15.0. The molecule has 5 aromatic rings.